The second-order valence-electron chi connectivity index (χ2n) is 9.57. The summed E-state index contributed by atoms with van der Waals surface area (Å²) in [6.07, 6.45) is 0. The highest BCUT2D eigenvalue weighted by Crippen LogP contribution is 2.33. The molecule has 2 N–H and O–H groups in total. The van der Waals surface area contributed by atoms with Crippen molar-refractivity contribution in [2.75, 3.05) is 13.2 Å². The number of esters is 1. The molecule has 0 spiro atoms. The van der Waals surface area contributed by atoms with Crippen LogP contribution < -0.4 is 14.8 Å². The summed E-state index contributed by atoms with van der Waals surface area (Å²) in [5.41, 5.74) is 4.84. The number of nitrogens with zero attached hydrogens (tertiary/aromatic N) is 2. The van der Waals surface area contributed by atoms with Crippen LogP contribution in [0.5, 0.6) is 11.5 Å². The first-order chi connectivity index (χ1) is 21.0. The number of fused-ring (bicyclic) bond motifs is 1. The van der Waals surface area contributed by atoms with Crippen molar-refractivity contribution in [2.24, 2.45) is 0 Å². The molecule has 0 saturated carbocycles. The third-order valence-electron chi connectivity index (χ3n) is 6.67. The number of hydrogen-bond donors (Lipinski definition) is 2. The summed E-state index contributed by atoms with van der Waals surface area (Å²) in [6, 6.07) is 22.4. The quantitative estimate of drug-likeness (QED) is 0.143. The Labute approximate surface area is 264 Å². The Morgan fingerprint density at radius 3 is 2.50 bits per heavy atom. The van der Waals surface area contributed by atoms with Crippen molar-refractivity contribution in [3.63, 3.8) is 0 Å². The van der Waals surface area contributed by atoms with E-state index in [0.29, 0.717) is 32.9 Å². The summed E-state index contributed by atoms with van der Waals surface area (Å²) in [5.74, 6) is -0.976. The number of rotatable bonds is 13. The van der Waals surface area contributed by atoms with Crippen molar-refractivity contribution >= 4 is 41.0 Å². The third-order valence-corrected chi connectivity index (χ3v) is 7.11. The molecule has 0 bridgehead atoms. The highest BCUT2D eigenvalue weighted by atomic mass is 35.5. The number of benzene rings is 4. The molecule has 0 fully saturated rings. The van der Waals surface area contributed by atoms with Gasteiger partial charge in [0.15, 0.2) is 11.6 Å². The normalized spacial score (nSPS) is 11.5. The molecule has 230 valence electrons. The molecular weight excluding hydrogens is 612 g/mol. The second-order valence-corrected chi connectivity index (χ2v) is 9.95. The molecule has 1 heterocycles. The first-order valence-corrected chi connectivity index (χ1v) is 14.0. The van der Waals surface area contributed by atoms with Gasteiger partial charge in [0, 0.05) is 29.3 Å². The zero-order valence-corrected chi connectivity index (χ0v) is 25.2. The van der Waals surface area contributed by atoms with Gasteiger partial charge in [-0.25, -0.2) is 9.02 Å². The van der Waals surface area contributed by atoms with Crippen LogP contribution >= 0.6 is 24.0 Å². The van der Waals surface area contributed by atoms with Gasteiger partial charge in [-0.3, -0.25) is 10.1 Å². The standard InChI is InChI=1S/C32H29ClFN3O6.ClH/c1-2-40-32(39)28(17-38)35-16-23-14-25(34)30(15-29(23)41-18-20-11-12-26-27(13-20)37-43-36-26)42-19-22-9-6-10-24(31(22)33)21-7-4-3-5-8-21;/h3-15,28,35,38H,2,16-19H2,1H3;1H. The molecule has 44 heavy (non-hydrogen) atoms. The highest BCUT2D eigenvalue weighted by Gasteiger charge is 2.20. The summed E-state index contributed by atoms with van der Waals surface area (Å²) in [5, 5.41) is 20.7. The van der Waals surface area contributed by atoms with Crippen LogP contribution in [0.1, 0.15) is 23.6 Å². The van der Waals surface area contributed by atoms with Gasteiger partial charge in [0.1, 0.15) is 36.0 Å². The molecule has 1 aromatic heterocycles. The molecule has 5 aromatic rings. The minimum absolute atomic E-state index is 0. The van der Waals surface area contributed by atoms with E-state index in [9.17, 15) is 9.90 Å². The van der Waals surface area contributed by atoms with Crippen LogP contribution in [0, 0.1) is 5.82 Å². The van der Waals surface area contributed by atoms with Gasteiger partial charge in [-0.15, -0.1) is 12.4 Å². The smallest absolute Gasteiger partial charge is 0.325 e. The fourth-order valence-corrected chi connectivity index (χ4v) is 4.71. The number of nitrogens with one attached hydrogen (secondary N) is 1. The SMILES string of the molecule is CCOC(=O)C(CO)NCc1cc(F)c(OCc2cccc(-c3ccccc3)c2Cl)cc1OCc1ccc2nonc2c1.Cl. The van der Waals surface area contributed by atoms with Gasteiger partial charge in [-0.05, 0) is 46.6 Å². The van der Waals surface area contributed by atoms with E-state index in [1.165, 1.54) is 12.1 Å². The first kappa shape index (κ1) is 32.7. The molecule has 0 aliphatic heterocycles. The van der Waals surface area contributed by atoms with Gasteiger partial charge >= 0.3 is 5.97 Å². The lowest BCUT2D eigenvalue weighted by Gasteiger charge is -2.18. The van der Waals surface area contributed by atoms with E-state index in [-0.39, 0.29) is 44.5 Å². The molecule has 12 heteroatoms. The molecule has 0 radical (unpaired) electrons. The van der Waals surface area contributed by atoms with E-state index in [1.807, 2.05) is 54.6 Å². The lowest BCUT2D eigenvalue weighted by molar-refractivity contribution is -0.146. The number of ether oxygens (including phenoxy) is 3. The Bertz CT molecular complexity index is 1700. The summed E-state index contributed by atoms with van der Waals surface area (Å²) < 4.78 is 37.1. The van der Waals surface area contributed by atoms with Crippen molar-refractivity contribution in [3.05, 3.63) is 106 Å². The van der Waals surface area contributed by atoms with Crippen LogP contribution in [0.15, 0.2) is 83.5 Å². The van der Waals surface area contributed by atoms with Crippen molar-refractivity contribution in [1.82, 2.24) is 15.6 Å². The molecule has 0 aliphatic rings. The van der Waals surface area contributed by atoms with E-state index < -0.39 is 24.4 Å². The van der Waals surface area contributed by atoms with E-state index in [0.717, 1.165) is 16.7 Å². The van der Waals surface area contributed by atoms with Gasteiger partial charge in [0.05, 0.1) is 18.2 Å². The summed E-state index contributed by atoms with van der Waals surface area (Å²) in [7, 11) is 0. The fraction of sp³-hybridized carbons (Fsp3) is 0.219. The maximum atomic E-state index is 15.4. The number of carbonyl (C=O) groups excluding carboxylic acids is 1. The molecule has 9 nitrogen and oxygen atoms in total. The van der Waals surface area contributed by atoms with Crippen LogP contribution in [-0.2, 0) is 29.3 Å². The summed E-state index contributed by atoms with van der Waals surface area (Å²) in [6.45, 7) is 1.48. The number of hydrogen-bond acceptors (Lipinski definition) is 9. The van der Waals surface area contributed by atoms with Gasteiger partial charge in [-0.1, -0.05) is 66.2 Å². The Morgan fingerprint density at radius 1 is 0.955 bits per heavy atom. The van der Waals surface area contributed by atoms with E-state index in [2.05, 4.69) is 15.6 Å². The minimum Gasteiger partial charge on any atom is -0.488 e. The summed E-state index contributed by atoms with van der Waals surface area (Å²) >= 11 is 6.71. The molecule has 4 aromatic carbocycles. The molecule has 1 unspecified atom stereocenters. The van der Waals surface area contributed by atoms with Crippen LogP contribution in [0.2, 0.25) is 5.02 Å². The molecule has 0 amide bonds. The average Bonchev–Trinajstić information content (AvgIpc) is 3.49. The predicted octanol–water partition coefficient (Wildman–Crippen LogP) is 6.28. The van der Waals surface area contributed by atoms with E-state index in [4.69, 9.17) is 30.4 Å². The molecule has 0 aliphatic carbocycles. The lowest BCUT2D eigenvalue weighted by Crippen LogP contribution is -2.40. The molecule has 5 rings (SSSR count). The maximum Gasteiger partial charge on any atom is 0.325 e. The number of carbonyl (C=O) groups is 1. The monoisotopic (exact) mass is 641 g/mol. The topological polar surface area (TPSA) is 116 Å². The second kappa shape index (κ2) is 15.5. The third kappa shape index (κ3) is 7.83. The molecule has 0 saturated heterocycles. The fourth-order valence-electron chi connectivity index (χ4n) is 4.42. The molecular formula is C32H30Cl2FN3O6. The Kier molecular flexibility index (Phi) is 11.5. The predicted molar refractivity (Wildman–Crippen MR) is 165 cm³/mol. The van der Waals surface area contributed by atoms with Crippen LogP contribution in [0.25, 0.3) is 22.2 Å². The Hall–Kier alpha value is -4.22. The van der Waals surface area contributed by atoms with Crippen molar-refractivity contribution < 1.29 is 33.1 Å². The van der Waals surface area contributed by atoms with E-state index in [1.54, 1.807) is 19.1 Å². The first-order valence-electron chi connectivity index (χ1n) is 13.6. The van der Waals surface area contributed by atoms with Gasteiger partial charge in [0.2, 0.25) is 0 Å². The van der Waals surface area contributed by atoms with Gasteiger partial charge in [-0.2, -0.15) is 0 Å². The highest BCUT2D eigenvalue weighted by molar-refractivity contribution is 6.34. The Morgan fingerprint density at radius 2 is 1.73 bits per heavy atom. The van der Waals surface area contributed by atoms with Crippen molar-refractivity contribution in [3.8, 4) is 22.6 Å². The summed E-state index contributed by atoms with van der Waals surface area (Å²) in [4.78, 5) is 12.2. The van der Waals surface area contributed by atoms with Crippen molar-refractivity contribution in [2.45, 2.75) is 32.7 Å². The molecule has 1 atom stereocenters. The van der Waals surface area contributed by atoms with Crippen LogP contribution in [-0.4, -0.2) is 40.6 Å². The van der Waals surface area contributed by atoms with Gasteiger partial charge < -0.3 is 19.3 Å². The van der Waals surface area contributed by atoms with Crippen molar-refractivity contribution in [1.29, 1.82) is 0 Å². The zero-order chi connectivity index (χ0) is 30.2. The van der Waals surface area contributed by atoms with Crippen LogP contribution in [0.3, 0.4) is 0 Å². The number of aliphatic hydroxyl groups excluding tert-OH is 1. The number of aliphatic hydroxyl groups is 1. The zero-order valence-electron chi connectivity index (χ0n) is 23.7. The average molecular weight is 643 g/mol. The number of halogens is 3. The van der Waals surface area contributed by atoms with Gasteiger partial charge in [0.25, 0.3) is 0 Å². The lowest BCUT2D eigenvalue weighted by atomic mass is 10.0. The minimum atomic E-state index is -0.993. The number of aromatic nitrogens is 2. The Balaban J connectivity index is 0.00000442. The largest absolute Gasteiger partial charge is 0.488 e. The van der Waals surface area contributed by atoms with E-state index >= 15 is 4.39 Å². The van der Waals surface area contributed by atoms with Crippen LogP contribution in [0.4, 0.5) is 4.39 Å². The maximum absolute atomic E-state index is 15.4.